The van der Waals surface area contributed by atoms with Crippen LogP contribution in [0, 0.1) is 11.6 Å². The fraction of sp³-hybridized carbons (Fsp3) is 0.400. The number of halogens is 2. The van der Waals surface area contributed by atoms with Gasteiger partial charge in [-0.15, -0.1) is 0 Å². The molecular weight excluding hydrogens is 428 g/mol. The molecule has 6 nitrogen and oxygen atoms in total. The van der Waals surface area contributed by atoms with Crippen LogP contribution in [0.5, 0.6) is 0 Å². The standard InChI is InChI=1S/C25H29F2N3O3/c1-5-30-21-9-7-6-8-19(21)25(3,4)14-20(24(30)33)29-23(32)15(2)28-22(31)12-16-10-17(26)13-18(27)11-16/h6-11,13,15,20H,5,12,14H2,1-4H3,(H,28,31)(H,29,32)/t15-,20?/m0/s1. The topological polar surface area (TPSA) is 78.5 Å². The smallest absolute Gasteiger partial charge is 0.249 e. The third-order valence-electron chi connectivity index (χ3n) is 5.89. The SMILES string of the molecule is CCN1C(=O)C(NC(=O)[C@H](C)NC(=O)Cc2cc(F)cc(F)c2)CC(C)(C)c2ccccc21. The molecule has 0 spiro atoms. The van der Waals surface area contributed by atoms with Gasteiger partial charge in [0.2, 0.25) is 17.7 Å². The van der Waals surface area contributed by atoms with Crippen LogP contribution in [-0.2, 0) is 26.2 Å². The van der Waals surface area contributed by atoms with E-state index < -0.39 is 35.5 Å². The molecule has 2 atom stereocenters. The van der Waals surface area contributed by atoms with Gasteiger partial charge in [0.1, 0.15) is 23.7 Å². The first-order chi connectivity index (χ1) is 15.5. The van der Waals surface area contributed by atoms with Crippen LogP contribution in [0.3, 0.4) is 0 Å². The van der Waals surface area contributed by atoms with Crippen molar-refractivity contribution in [1.82, 2.24) is 10.6 Å². The Balaban J connectivity index is 1.69. The highest BCUT2D eigenvalue weighted by molar-refractivity contribution is 6.01. The van der Waals surface area contributed by atoms with Crippen LogP contribution in [0.2, 0.25) is 0 Å². The maximum Gasteiger partial charge on any atom is 0.249 e. The third kappa shape index (κ3) is 5.56. The number of nitrogens with one attached hydrogen (secondary N) is 2. The number of carbonyl (C=O) groups excluding carboxylic acids is 3. The maximum absolute atomic E-state index is 13.3. The number of para-hydroxylation sites is 1. The predicted molar refractivity (Wildman–Crippen MR) is 122 cm³/mol. The molecule has 0 saturated heterocycles. The predicted octanol–water partition coefficient (Wildman–Crippen LogP) is 3.23. The number of anilines is 1. The third-order valence-corrected chi connectivity index (χ3v) is 5.89. The Hall–Kier alpha value is -3.29. The van der Waals surface area contributed by atoms with Gasteiger partial charge in [-0.1, -0.05) is 32.0 Å². The van der Waals surface area contributed by atoms with Gasteiger partial charge in [-0.3, -0.25) is 14.4 Å². The van der Waals surface area contributed by atoms with E-state index in [0.717, 1.165) is 29.4 Å². The molecule has 33 heavy (non-hydrogen) atoms. The molecule has 0 bridgehead atoms. The Morgan fingerprint density at radius 3 is 2.42 bits per heavy atom. The van der Waals surface area contributed by atoms with Crippen molar-refractivity contribution in [2.75, 3.05) is 11.4 Å². The van der Waals surface area contributed by atoms with Gasteiger partial charge in [0.25, 0.3) is 0 Å². The fourth-order valence-electron chi connectivity index (χ4n) is 4.29. The van der Waals surface area contributed by atoms with E-state index in [1.165, 1.54) is 6.92 Å². The minimum Gasteiger partial charge on any atom is -0.344 e. The van der Waals surface area contributed by atoms with Crippen LogP contribution in [0.1, 0.15) is 45.2 Å². The second kappa shape index (κ2) is 9.68. The van der Waals surface area contributed by atoms with Crippen LogP contribution >= 0.6 is 0 Å². The molecule has 1 aliphatic rings. The van der Waals surface area contributed by atoms with E-state index in [0.29, 0.717) is 13.0 Å². The zero-order valence-electron chi connectivity index (χ0n) is 19.2. The molecule has 0 aromatic heterocycles. The van der Waals surface area contributed by atoms with Crippen molar-refractivity contribution in [3.8, 4) is 0 Å². The van der Waals surface area contributed by atoms with Gasteiger partial charge < -0.3 is 15.5 Å². The minimum absolute atomic E-state index is 0.162. The van der Waals surface area contributed by atoms with Crippen LogP contribution < -0.4 is 15.5 Å². The number of rotatable bonds is 6. The lowest BCUT2D eigenvalue weighted by molar-refractivity contribution is -0.131. The number of hydrogen-bond donors (Lipinski definition) is 2. The van der Waals surface area contributed by atoms with E-state index >= 15 is 0 Å². The molecular formula is C25H29F2N3O3. The lowest BCUT2D eigenvalue weighted by Crippen LogP contribution is -2.54. The normalized spacial score (nSPS) is 18.2. The summed E-state index contributed by atoms with van der Waals surface area (Å²) in [5.74, 6) is -2.83. The van der Waals surface area contributed by atoms with Gasteiger partial charge >= 0.3 is 0 Å². The summed E-state index contributed by atoms with van der Waals surface area (Å²) in [6.07, 6.45) is 0.120. The van der Waals surface area contributed by atoms with Gasteiger partial charge in [0, 0.05) is 18.3 Å². The first-order valence-corrected chi connectivity index (χ1v) is 11.0. The highest BCUT2D eigenvalue weighted by atomic mass is 19.1. The Morgan fingerprint density at radius 1 is 1.15 bits per heavy atom. The van der Waals surface area contributed by atoms with E-state index in [2.05, 4.69) is 10.6 Å². The number of likely N-dealkylation sites (N-methyl/N-ethyl adjacent to an activating group) is 1. The Bertz CT molecular complexity index is 1050. The first kappa shape index (κ1) is 24.4. The Morgan fingerprint density at radius 2 is 1.79 bits per heavy atom. The monoisotopic (exact) mass is 457 g/mol. The molecule has 3 amide bonds. The van der Waals surface area contributed by atoms with Crippen molar-refractivity contribution in [3.05, 3.63) is 65.2 Å². The molecule has 8 heteroatoms. The molecule has 3 rings (SSSR count). The lowest BCUT2D eigenvalue weighted by atomic mass is 9.79. The summed E-state index contributed by atoms with van der Waals surface area (Å²) in [4.78, 5) is 40.1. The second-order valence-corrected chi connectivity index (χ2v) is 8.99. The average Bonchev–Trinajstić information content (AvgIpc) is 2.80. The molecule has 2 aromatic rings. The zero-order chi connectivity index (χ0) is 24.3. The van der Waals surface area contributed by atoms with Crippen molar-refractivity contribution in [1.29, 1.82) is 0 Å². The quantitative estimate of drug-likeness (QED) is 0.699. The largest absolute Gasteiger partial charge is 0.344 e. The van der Waals surface area contributed by atoms with Gasteiger partial charge in [-0.05, 0) is 55.0 Å². The van der Waals surface area contributed by atoms with Gasteiger partial charge in [-0.2, -0.15) is 0 Å². The molecule has 0 saturated carbocycles. The van der Waals surface area contributed by atoms with Crippen LogP contribution in [0.4, 0.5) is 14.5 Å². The Labute approximate surface area is 192 Å². The number of hydrogen-bond acceptors (Lipinski definition) is 3. The summed E-state index contributed by atoms with van der Waals surface area (Å²) in [6, 6.07) is 8.86. The summed E-state index contributed by atoms with van der Waals surface area (Å²) in [5.41, 5.74) is 1.65. The number of benzene rings is 2. The summed E-state index contributed by atoms with van der Waals surface area (Å²) in [7, 11) is 0. The molecule has 0 radical (unpaired) electrons. The molecule has 176 valence electrons. The Kier molecular flexibility index (Phi) is 7.15. The van der Waals surface area contributed by atoms with Crippen LogP contribution in [0.25, 0.3) is 0 Å². The highest BCUT2D eigenvalue weighted by Gasteiger charge is 2.39. The fourth-order valence-corrected chi connectivity index (χ4v) is 4.29. The summed E-state index contributed by atoms with van der Waals surface area (Å²) < 4.78 is 26.7. The molecule has 0 aliphatic carbocycles. The minimum atomic E-state index is -0.937. The van der Waals surface area contributed by atoms with Crippen molar-refractivity contribution in [2.24, 2.45) is 0 Å². The number of nitrogens with zero attached hydrogens (tertiary/aromatic N) is 1. The number of amides is 3. The molecule has 0 fully saturated rings. The maximum atomic E-state index is 13.3. The van der Waals surface area contributed by atoms with Gasteiger partial charge in [0.05, 0.1) is 6.42 Å². The summed E-state index contributed by atoms with van der Waals surface area (Å²) >= 11 is 0. The van der Waals surface area contributed by atoms with Crippen LogP contribution in [-0.4, -0.2) is 36.3 Å². The number of fused-ring (bicyclic) bond motifs is 1. The van der Waals surface area contributed by atoms with Gasteiger partial charge in [0.15, 0.2) is 0 Å². The summed E-state index contributed by atoms with van der Waals surface area (Å²) in [5, 5.41) is 5.32. The average molecular weight is 458 g/mol. The first-order valence-electron chi connectivity index (χ1n) is 11.0. The molecule has 1 heterocycles. The van der Waals surface area contributed by atoms with E-state index in [-0.39, 0.29) is 23.3 Å². The van der Waals surface area contributed by atoms with E-state index in [1.807, 2.05) is 45.0 Å². The van der Waals surface area contributed by atoms with Gasteiger partial charge in [-0.25, -0.2) is 8.78 Å². The second-order valence-electron chi connectivity index (χ2n) is 8.99. The van der Waals surface area contributed by atoms with E-state index in [4.69, 9.17) is 0 Å². The van der Waals surface area contributed by atoms with Crippen LogP contribution in [0.15, 0.2) is 42.5 Å². The number of carbonyl (C=O) groups is 3. The molecule has 1 aliphatic heterocycles. The van der Waals surface area contributed by atoms with Crippen molar-refractivity contribution in [3.63, 3.8) is 0 Å². The van der Waals surface area contributed by atoms with Crippen molar-refractivity contribution in [2.45, 2.75) is 58.0 Å². The zero-order valence-corrected chi connectivity index (χ0v) is 19.2. The van der Waals surface area contributed by atoms with E-state index in [1.54, 1.807) is 4.90 Å². The van der Waals surface area contributed by atoms with Crippen molar-refractivity contribution < 1.29 is 23.2 Å². The lowest BCUT2D eigenvalue weighted by Gasteiger charge is -2.28. The van der Waals surface area contributed by atoms with Crippen molar-refractivity contribution >= 4 is 23.4 Å². The molecule has 2 N–H and O–H groups in total. The van der Waals surface area contributed by atoms with E-state index in [9.17, 15) is 23.2 Å². The molecule has 1 unspecified atom stereocenters. The summed E-state index contributed by atoms with van der Waals surface area (Å²) in [6.45, 7) is 7.89. The highest BCUT2D eigenvalue weighted by Crippen LogP contribution is 2.39. The molecule has 2 aromatic carbocycles.